The lowest BCUT2D eigenvalue weighted by Gasteiger charge is -2.31. The topological polar surface area (TPSA) is 36.9 Å². The summed E-state index contributed by atoms with van der Waals surface area (Å²) in [7, 11) is 2.18. The molecule has 0 radical (unpaired) electrons. The number of hydrogen-bond donors (Lipinski definition) is 1. The van der Waals surface area contributed by atoms with Crippen molar-refractivity contribution in [1.29, 1.82) is 0 Å². The SMILES string of the molecule is CCNC(=NCCCCOCC)N(C)CC1CCC(C)CC1. The van der Waals surface area contributed by atoms with E-state index in [2.05, 4.69) is 31.1 Å². The molecular formula is C18H37N3O. The second-order valence-corrected chi connectivity index (χ2v) is 6.65. The Bertz CT molecular complexity index is 299. The zero-order valence-corrected chi connectivity index (χ0v) is 15.2. The fourth-order valence-corrected chi connectivity index (χ4v) is 3.10. The molecule has 0 heterocycles. The van der Waals surface area contributed by atoms with Crippen LogP contribution in [0.25, 0.3) is 0 Å². The maximum absolute atomic E-state index is 5.37. The average molecular weight is 312 g/mol. The highest BCUT2D eigenvalue weighted by Gasteiger charge is 2.20. The number of rotatable bonds is 9. The van der Waals surface area contributed by atoms with Gasteiger partial charge in [-0.05, 0) is 51.4 Å². The van der Waals surface area contributed by atoms with E-state index in [1.807, 2.05) is 6.92 Å². The van der Waals surface area contributed by atoms with Crippen molar-refractivity contribution in [3.63, 3.8) is 0 Å². The van der Waals surface area contributed by atoms with E-state index in [1.54, 1.807) is 0 Å². The zero-order chi connectivity index (χ0) is 16.2. The monoisotopic (exact) mass is 311 g/mol. The maximum atomic E-state index is 5.37. The van der Waals surface area contributed by atoms with E-state index in [9.17, 15) is 0 Å². The Kier molecular flexibility index (Phi) is 10.3. The van der Waals surface area contributed by atoms with Crippen LogP contribution in [0, 0.1) is 11.8 Å². The smallest absolute Gasteiger partial charge is 0.193 e. The minimum Gasteiger partial charge on any atom is -0.382 e. The Morgan fingerprint density at radius 2 is 1.91 bits per heavy atom. The third kappa shape index (κ3) is 8.02. The van der Waals surface area contributed by atoms with Crippen LogP contribution in [-0.2, 0) is 4.74 Å². The third-order valence-electron chi connectivity index (χ3n) is 4.53. The van der Waals surface area contributed by atoms with Gasteiger partial charge in [0, 0.05) is 39.9 Å². The summed E-state index contributed by atoms with van der Waals surface area (Å²) in [6.07, 6.45) is 7.73. The molecule has 0 bridgehead atoms. The summed E-state index contributed by atoms with van der Waals surface area (Å²) in [5, 5.41) is 3.43. The van der Waals surface area contributed by atoms with Crippen molar-refractivity contribution in [2.75, 3.05) is 39.9 Å². The molecule has 4 nitrogen and oxygen atoms in total. The van der Waals surface area contributed by atoms with E-state index >= 15 is 0 Å². The predicted octanol–water partition coefficient (Wildman–Crippen LogP) is 3.53. The minimum absolute atomic E-state index is 0.814. The lowest BCUT2D eigenvalue weighted by atomic mass is 9.83. The number of ether oxygens (including phenoxy) is 1. The van der Waals surface area contributed by atoms with Gasteiger partial charge in [0.05, 0.1) is 0 Å². The van der Waals surface area contributed by atoms with Crippen LogP contribution in [0.4, 0.5) is 0 Å². The Labute approximate surface area is 137 Å². The van der Waals surface area contributed by atoms with Gasteiger partial charge in [0.15, 0.2) is 5.96 Å². The van der Waals surface area contributed by atoms with Gasteiger partial charge in [0.2, 0.25) is 0 Å². The zero-order valence-electron chi connectivity index (χ0n) is 15.2. The van der Waals surface area contributed by atoms with Crippen LogP contribution in [0.15, 0.2) is 4.99 Å². The van der Waals surface area contributed by atoms with Crippen molar-refractivity contribution >= 4 is 5.96 Å². The van der Waals surface area contributed by atoms with Crippen molar-refractivity contribution in [1.82, 2.24) is 10.2 Å². The van der Waals surface area contributed by atoms with E-state index in [4.69, 9.17) is 9.73 Å². The molecule has 0 saturated heterocycles. The molecule has 1 aliphatic rings. The first kappa shape index (κ1) is 19.3. The first-order valence-electron chi connectivity index (χ1n) is 9.24. The molecule has 0 aromatic carbocycles. The molecule has 1 N–H and O–H groups in total. The third-order valence-corrected chi connectivity index (χ3v) is 4.53. The van der Waals surface area contributed by atoms with E-state index in [-0.39, 0.29) is 0 Å². The first-order valence-corrected chi connectivity index (χ1v) is 9.24. The van der Waals surface area contributed by atoms with Crippen LogP contribution >= 0.6 is 0 Å². The van der Waals surface area contributed by atoms with Crippen LogP contribution in [0.2, 0.25) is 0 Å². The van der Waals surface area contributed by atoms with Gasteiger partial charge in [0.1, 0.15) is 0 Å². The van der Waals surface area contributed by atoms with Gasteiger partial charge < -0.3 is 15.0 Å². The van der Waals surface area contributed by atoms with Crippen molar-refractivity contribution in [2.45, 2.75) is 59.3 Å². The molecule has 0 aliphatic heterocycles. The van der Waals surface area contributed by atoms with E-state index < -0.39 is 0 Å². The molecule has 130 valence electrons. The summed E-state index contributed by atoms with van der Waals surface area (Å²) < 4.78 is 5.37. The molecule has 22 heavy (non-hydrogen) atoms. The Balaban J connectivity index is 2.33. The lowest BCUT2D eigenvalue weighted by Crippen LogP contribution is -2.42. The van der Waals surface area contributed by atoms with Gasteiger partial charge in [0.25, 0.3) is 0 Å². The van der Waals surface area contributed by atoms with Crippen LogP contribution in [0.5, 0.6) is 0 Å². The number of nitrogens with one attached hydrogen (secondary N) is 1. The van der Waals surface area contributed by atoms with Crippen LogP contribution in [0.1, 0.15) is 59.3 Å². The lowest BCUT2D eigenvalue weighted by molar-refractivity contribution is 0.144. The standard InChI is InChI=1S/C18H37N3O/c1-5-19-18(20-13-7-8-14-22-6-2)21(4)15-17-11-9-16(3)10-12-17/h16-17H,5-15H2,1-4H3,(H,19,20). The highest BCUT2D eigenvalue weighted by molar-refractivity contribution is 5.79. The fraction of sp³-hybridized carbons (Fsp3) is 0.944. The van der Waals surface area contributed by atoms with Gasteiger partial charge in [-0.2, -0.15) is 0 Å². The van der Waals surface area contributed by atoms with Gasteiger partial charge in [-0.3, -0.25) is 4.99 Å². The number of guanidine groups is 1. The minimum atomic E-state index is 0.814. The summed E-state index contributed by atoms with van der Waals surface area (Å²) in [5.74, 6) is 2.83. The molecule has 0 amide bonds. The fourth-order valence-electron chi connectivity index (χ4n) is 3.10. The van der Waals surface area contributed by atoms with Crippen molar-refractivity contribution in [3.8, 4) is 0 Å². The number of aliphatic imine (C=N–C) groups is 1. The van der Waals surface area contributed by atoms with Crippen molar-refractivity contribution < 1.29 is 4.74 Å². The molecule has 4 heteroatoms. The number of unbranched alkanes of at least 4 members (excludes halogenated alkanes) is 1. The molecule has 0 unspecified atom stereocenters. The Morgan fingerprint density at radius 3 is 2.55 bits per heavy atom. The van der Waals surface area contributed by atoms with Crippen molar-refractivity contribution in [3.05, 3.63) is 0 Å². The van der Waals surface area contributed by atoms with Crippen LogP contribution < -0.4 is 5.32 Å². The molecule has 1 aliphatic carbocycles. The molecule has 1 saturated carbocycles. The summed E-state index contributed by atoms with van der Waals surface area (Å²) >= 11 is 0. The average Bonchev–Trinajstić information content (AvgIpc) is 2.51. The van der Waals surface area contributed by atoms with Crippen LogP contribution in [0.3, 0.4) is 0 Å². The van der Waals surface area contributed by atoms with Gasteiger partial charge >= 0.3 is 0 Å². The van der Waals surface area contributed by atoms with Crippen LogP contribution in [-0.4, -0.2) is 50.8 Å². The molecule has 1 rings (SSSR count). The Morgan fingerprint density at radius 1 is 1.18 bits per heavy atom. The highest BCUT2D eigenvalue weighted by Crippen LogP contribution is 2.28. The second kappa shape index (κ2) is 11.8. The molecule has 0 aromatic rings. The van der Waals surface area contributed by atoms with Gasteiger partial charge in [-0.25, -0.2) is 0 Å². The van der Waals surface area contributed by atoms with Crippen molar-refractivity contribution in [2.24, 2.45) is 16.8 Å². The largest absolute Gasteiger partial charge is 0.382 e. The summed E-state index contributed by atoms with van der Waals surface area (Å²) in [6.45, 7) is 11.2. The summed E-state index contributed by atoms with van der Waals surface area (Å²) in [5.41, 5.74) is 0. The molecule has 1 fully saturated rings. The predicted molar refractivity (Wildman–Crippen MR) is 95.5 cm³/mol. The molecule has 0 atom stereocenters. The summed E-state index contributed by atoms with van der Waals surface area (Å²) in [4.78, 5) is 7.09. The van der Waals surface area contributed by atoms with E-state index in [1.165, 1.54) is 25.7 Å². The molecule has 0 aromatic heterocycles. The van der Waals surface area contributed by atoms with E-state index in [0.29, 0.717) is 0 Å². The number of nitrogens with zero attached hydrogens (tertiary/aromatic N) is 2. The second-order valence-electron chi connectivity index (χ2n) is 6.65. The molecule has 0 spiro atoms. The molecular weight excluding hydrogens is 274 g/mol. The normalized spacial score (nSPS) is 22.6. The quantitative estimate of drug-likeness (QED) is 0.402. The maximum Gasteiger partial charge on any atom is 0.193 e. The van der Waals surface area contributed by atoms with E-state index in [0.717, 1.165) is 63.5 Å². The Hall–Kier alpha value is -0.770. The number of hydrogen-bond acceptors (Lipinski definition) is 2. The highest BCUT2D eigenvalue weighted by atomic mass is 16.5. The summed E-state index contributed by atoms with van der Waals surface area (Å²) in [6, 6.07) is 0. The van der Waals surface area contributed by atoms with Gasteiger partial charge in [-0.15, -0.1) is 0 Å². The first-order chi connectivity index (χ1) is 10.7. The van der Waals surface area contributed by atoms with Gasteiger partial charge in [-0.1, -0.05) is 19.8 Å².